The molecule has 0 aliphatic carbocycles. The van der Waals surface area contributed by atoms with E-state index in [0.717, 1.165) is 6.42 Å². The first-order valence-corrected chi connectivity index (χ1v) is 9.16. The van der Waals surface area contributed by atoms with E-state index < -0.39 is 15.9 Å². The highest BCUT2D eigenvalue weighted by atomic mass is 32.2. The summed E-state index contributed by atoms with van der Waals surface area (Å²) in [7, 11) is -2.40. The molecular weight excluding hydrogens is 344 g/mol. The molecule has 0 bridgehead atoms. The molecule has 0 atom stereocenters. The molecule has 0 unspecified atom stereocenters. The van der Waals surface area contributed by atoms with E-state index in [-0.39, 0.29) is 16.5 Å². The van der Waals surface area contributed by atoms with E-state index >= 15 is 0 Å². The van der Waals surface area contributed by atoms with Gasteiger partial charge in [-0.2, -0.15) is 0 Å². The summed E-state index contributed by atoms with van der Waals surface area (Å²) in [6, 6.07) is 7.93. The van der Waals surface area contributed by atoms with Crippen LogP contribution in [0.1, 0.15) is 23.3 Å². The van der Waals surface area contributed by atoms with Crippen LogP contribution in [0.15, 0.2) is 41.4 Å². The predicted octanol–water partition coefficient (Wildman–Crippen LogP) is 1.05. The maximum Gasteiger partial charge on any atom is 0.265 e. The van der Waals surface area contributed by atoms with Crippen LogP contribution in [0.25, 0.3) is 0 Å². The Morgan fingerprint density at radius 2 is 2.00 bits per heavy atom. The van der Waals surface area contributed by atoms with E-state index in [2.05, 4.69) is 4.72 Å². The largest absolute Gasteiger partial charge is 0.364 e. The number of carbonyl (C=O) groups excluding carboxylic acids is 2. The number of nitrogens with two attached hydrogens (primary N) is 1. The SMILES string of the molecule is Cn1cc(S(=O)(=O)Nc2ccccc2N2CCCC2=O)cc1C(N)=O. The normalized spacial score (nSPS) is 14.8. The summed E-state index contributed by atoms with van der Waals surface area (Å²) in [6.45, 7) is 0.550. The molecule has 132 valence electrons. The number of nitrogens with one attached hydrogen (secondary N) is 1. The minimum Gasteiger partial charge on any atom is -0.364 e. The molecule has 1 aliphatic heterocycles. The molecule has 2 heterocycles. The number of hydrogen-bond acceptors (Lipinski definition) is 4. The van der Waals surface area contributed by atoms with Gasteiger partial charge in [0.25, 0.3) is 15.9 Å². The second kappa shape index (κ2) is 6.25. The van der Waals surface area contributed by atoms with Crippen molar-refractivity contribution in [3.63, 3.8) is 0 Å². The Labute approximate surface area is 145 Å². The van der Waals surface area contributed by atoms with Crippen molar-refractivity contribution in [3.8, 4) is 0 Å². The molecule has 3 rings (SSSR count). The number of aromatic nitrogens is 1. The first kappa shape index (κ1) is 17.0. The highest BCUT2D eigenvalue weighted by Gasteiger charge is 2.26. The summed E-state index contributed by atoms with van der Waals surface area (Å²) in [5.74, 6) is -0.755. The van der Waals surface area contributed by atoms with Crippen LogP contribution < -0.4 is 15.4 Å². The smallest absolute Gasteiger partial charge is 0.265 e. The maximum absolute atomic E-state index is 12.7. The number of sulfonamides is 1. The molecule has 1 saturated heterocycles. The highest BCUT2D eigenvalue weighted by molar-refractivity contribution is 7.92. The highest BCUT2D eigenvalue weighted by Crippen LogP contribution is 2.31. The van der Waals surface area contributed by atoms with Crippen molar-refractivity contribution in [3.05, 3.63) is 42.2 Å². The zero-order valence-corrected chi connectivity index (χ0v) is 14.4. The number of anilines is 2. The third kappa shape index (κ3) is 3.22. The average molecular weight is 362 g/mol. The quantitative estimate of drug-likeness (QED) is 0.827. The Morgan fingerprint density at radius 3 is 2.60 bits per heavy atom. The molecule has 9 heteroatoms. The molecule has 1 fully saturated rings. The van der Waals surface area contributed by atoms with Crippen molar-refractivity contribution in [2.75, 3.05) is 16.2 Å². The number of amides is 2. The van der Waals surface area contributed by atoms with Crippen LogP contribution in [0.3, 0.4) is 0 Å². The molecule has 0 spiro atoms. The van der Waals surface area contributed by atoms with Crippen LogP contribution in [0, 0.1) is 0 Å². The van der Waals surface area contributed by atoms with Gasteiger partial charge < -0.3 is 15.2 Å². The number of benzene rings is 1. The van der Waals surface area contributed by atoms with E-state index in [1.54, 1.807) is 29.2 Å². The summed E-state index contributed by atoms with van der Waals surface area (Å²) < 4.78 is 29.2. The van der Waals surface area contributed by atoms with Crippen LogP contribution >= 0.6 is 0 Å². The minimum absolute atomic E-state index is 0.0395. The topological polar surface area (TPSA) is 114 Å². The van der Waals surface area contributed by atoms with Crippen molar-refractivity contribution in [1.82, 2.24) is 4.57 Å². The van der Waals surface area contributed by atoms with Gasteiger partial charge in [0.1, 0.15) is 10.6 Å². The van der Waals surface area contributed by atoms with Gasteiger partial charge in [-0.05, 0) is 24.6 Å². The first-order valence-electron chi connectivity index (χ1n) is 7.68. The summed E-state index contributed by atoms with van der Waals surface area (Å²) in [5.41, 5.74) is 6.13. The lowest BCUT2D eigenvalue weighted by molar-refractivity contribution is -0.117. The Bertz CT molecular complexity index is 949. The molecule has 1 aromatic heterocycles. The fraction of sp³-hybridized carbons (Fsp3) is 0.250. The third-order valence-corrected chi connectivity index (χ3v) is 5.39. The van der Waals surface area contributed by atoms with Gasteiger partial charge in [-0.3, -0.25) is 14.3 Å². The Hall–Kier alpha value is -2.81. The lowest BCUT2D eigenvalue weighted by Gasteiger charge is -2.20. The van der Waals surface area contributed by atoms with E-state index in [1.807, 2.05) is 0 Å². The molecule has 0 radical (unpaired) electrons. The summed E-state index contributed by atoms with van der Waals surface area (Å²) in [5, 5.41) is 0. The number of hydrogen-bond donors (Lipinski definition) is 2. The Kier molecular flexibility index (Phi) is 4.25. The fourth-order valence-corrected chi connectivity index (χ4v) is 3.97. The fourth-order valence-electron chi connectivity index (χ4n) is 2.83. The van der Waals surface area contributed by atoms with Gasteiger partial charge in [0.05, 0.1) is 11.4 Å². The van der Waals surface area contributed by atoms with Crippen LogP contribution in [0.2, 0.25) is 0 Å². The number of para-hydroxylation sites is 2. The molecule has 1 aromatic carbocycles. The van der Waals surface area contributed by atoms with Crippen LogP contribution in [0.5, 0.6) is 0 Å². The van der Waals surface area contributed by atoms with Gasteiger partial charge in [0, 0.05) is 26.2 Å². The van der Waals surface area contributed by atoms with Crippen molar-refractivity contribution in [2.24, 2.45) is 12.8 Å². The molecule has 2 aromatic rings. The summed E-state index contributed by atoms with van der Waals surface area (Å²) >= 11 is 0. The standard InChI is InChI=1S/C16H18N4O4S/c1-19-10-11(9-14(19)16(17)22)25(23,24)18-12-5-2-3-6-13(12)20-8-4-7-15(20)21/h2-3,5-6,9-10,18H,4,7-8H2,1H3,(H2,17,22). The van der Waals surface area contributed by atoms with E-state index in [1.165, 1.54) is 23.9 Å². The predicted molar refractivity (Wildman–Crippen MR) is 92.8 cm³/mol. The van der Waals surface area contributed by atoms with Crippen molar-refractivity contribution in [2.45, 2.75) is 17.7 Å². The molecule has 1 aliphatic rings. The van der Waals surface area contributed by atoms with Gasteiger partial charge in [-0.1, -0.05) is 12.1 Å². The number of rotatable bonds is 5. The lowest BCUT2D eigenvalue weighted by Crippen LogP contribution is -2.25. The van der Waals surface area contributed by atoms with Crippen molar-refractivity contribution < 1.29 is 18.0 Å². The zero-order valence-electron chi connectivity index (χ0n) is 13.6. The molecule has 25 heavy (non-hydrogen) atoms. The lowest BCUT2D eigenvalue weighted by atomic mass is 10.2. The van der Waals surface area contributed by atoms with Gasteiger partial charge >= 0.3 is 0 Å². The van der Waals surface area contributed by atoms with Crippen LogP contribution in [-0.2, 0) is 21.9 Å². The average Bonchev–Trinajstić information content (AvgIpc) is 3.14. The van der Waals surface area contributed by atoms with E-state index in [0.29, 0.717) is 24.3 Å². The van der Waals surface area contributed by atoms with E-state index in [9.17, 15) is 18.0 Å². The first-order chi connectivity index (χ1) is 11.8. The minimum atomic E-state index is -3.93. The zero-order chi connectivity index (χ0) is 18.2. The molecule has 0 saturated carbocycles. The number of carbonyl (C=O) groups is 2. The molecule has 2 amide bonds. The van der Waals surface area contributed by atoms with E-state index in [4.69, 9.17) is 5.73 Å². The monoisotopic (exact) mass is 362 g/mol. The Balaban J connectivity index is 1.95. The Morgan fingerprint density at radius 1 is 1.28 bits per heavy atom. The number of aryl methyl sites for hydroxylation is 1. The summed E-state index contributed by atoms with van der Waals surface area (Å²) in [4.78, 5) is 24.8. The summed E-state index contributed by atoms with van der Waals surface area (Å²) in [6.07, 6.45) is 2.49. The van der Waals surface area contributed by atoms with Gasteiger partial charge in [-0.15, -0.1) is 0 Å². The second-order valence-corrected chi connectivity index (χ2v) is 7.49. The van der Waals surface area contributed by atoms with Crippen molar-refractivity contribution >= 4 is 33.2 Å². The van der Waals surface area contributed by atoms with Crippen LogP contribution in [-0.4, -0.2) is 31.3 Å². The second-order valence-electron chi connectivity index (χ2n) is 5.81. The van der Waals surface area contributed by atoms with Crippen LogP contribution in [0.4, 0.5) is 11.4 Å². The number of nitrogens with zero attached hydrogens (tertiary/aromatic N) is 2. The molecule has 3 N–H and O–H groups in total. The number of primary amides is 1. The van der Waals surface area contributed by atoms with Gasteiger partial charge in [0.15, 0.2) is 0 Å². The third-order valence-electron chi connectivity index (χ3n) is 4.06. The van der Waals surface area contributed by atoms with Crippen molar-refractivity contribution in [1.29, 1.82) is 0 Å². The van der Waals surface area contributed by atoms with Gasteiger partial charge in [0.2, 0.25) is 5.91 Å². The van der Waals surface area contributed by atoms with Gasteiger partial charge in [-0.25, -0.2) is 8.42 Å². The maximum atomic E-state index is 12.7. The molecular formula is C16H18N4O4S. The molecule has 8 nitrogen and oxygen atoms in total.